The van der Waals surface area contributed by atoms with Crippen molar-refractivity contribution in [2.75, 3.05) is 5.32 Å². The van der Waals surface area contributed by atoms with Crippen LogP contribution in [0.3, 0.4) is 0 Å². The Bertz CT molecular complexity index is 420. The molecule has 0 bridgehead atoms. The number of hydrogen-bond acceptors (Lipinski definition) is 2. The summed E-state index contributed by atoms with van der Waals surface area (Å²) < 4.78 is 0. The Morgan fingerprint density at radius 3 is 2.50 bits per heavy atom. The first-order chi connectivity index (χ1) is 7.49. The molecular weight excluding hydrogens is 218 g/mol. The van der Waals surface area contributed by atoms with Gasteiger partial charge in [-0.3, -0.25) is 5.43 Å². The zero-order chi connectivity index (χ0) is 12.1. The van der Waals surface area contributed by atoms with Gasteiger partial charge in [-0.2, -0.15) is 5.10 Å². The summed E-state index contributed by atoms with van der Waals surface area (Å²) in [5.74, 6) is 0. The second kappa shape index (κ2) is 5.61. The highest BCUT2D eigenvalue weighted by Gasteiger charge is 2.00. The van der Waals surface area contributed by atoms with Crippen LogP contribution in [0.1, 0.15) is 25.0 Å². The lowest BCUT2D eigenvalue weighted by atomic mass is 10.1. The van der Waals surface area contributed by atoms with Crippen LogP contribution in [0, 0.1) is 13.8 Å². The number of thiocarbonyl (C=S) groups is 1. The fourth-order valence-corrected chi connectivity index (χ4v) is 1.42. The number of rotatable bonds is 2. The van der Waals surface area contributed by atoms with E-state index in [0.717, 1.165) is 11.4 Å². The molecule has 0 aliphatic rings. The molecule has 0 heterocycles. The van der Waals surface area contributed by atoms with Gasteiger partial charge in [0.2, 0.25) is 0 Å². The van der Waals surface area contributed by atoms with E-state index < -0.39 is 0 Å². The van der Waals surface area contributed by atoms with Crippen LogP contribution in [-0.4, -0.2) is 10.8 Å². The minimum Gasteiger partial charge on any atom is -0.331 e. The van der Waals surface area contributed by atoms with Gasteiger partial charge < -0.3 is 5.32 Å². The maximum Gasteiger partial charge on any atom is 0.191 e. The predicted octanol–water partition coefficient (Wildman–Crippen LogP) is 2.99. The number of hydrazone groups is 1. The van der Waals surface area contributed by atoms with E-state index in [4.69, 9.17) is 12.2 Å². The number of hydrogen-bond donors (Lipinski definition) is 2. The summed E-state index contributed by atoms with van der Waals surface area (Å²) in [4.78, 5) is 0. The lowest BCUT2D eigenvalue weighted by Gasteiger charge is -2.10. The monoisotopic (exact) mass is 235 g/mol. The molecule has 0 saturated carbocycles. The number of anilines is 1. The van der Waals surface area contributed by atoms with Crippen LogP contribution in [0.5, 0.6) is 0 Å². The summed E-state index contributed by atoms with van der Waals surface area (Å²) in [7, 11) is 0. The zero-order valence-electron chi connectivity index (χ0n) is 10.1. The Hall–Kier alpha value is -1.42. The van der Waals surface area contributed by atoms with E-state index in [9.17, 15) is 0 Å². The van der Waals surface area contributed by atoms with Gasteiger partial charge in [0, 0.05) is 11.4 Å². The Morgan fingerprint density at radius 1 is 1.25 bits per heavy atom. The molecule has 0 saturated heterocycles. The quantitative estimate of drug-likeness (QED) is 0.470. The van der Waals surface area contributed by atoms with Gasteiger partial charge in [-0.25, -0.2) is 0 Å². The molecular formula is C12H17N3S. The molecule has 3 nitrogen and oxygen atoms in total. The van der Waals surface area contributed by atoms with Crippen LogP contribution in [0.15, 0.2) is 23.3 Å². The average molecular weight is 235 g/mol. The molecule has 86 valence electrons. The van der Waals surface area contributed by atoms with Crippen molar-refractivity contribution in [3.63, 3.8) is 0 Å². The van der Waals surface area contributed by atoms with E-state index in [1.165, 1.54) is 11.1 Å². The standard InChI is InChI=1S/C12H17N3S/c1-8(2)14-15-12(16)13-11-6-5-9(3)7-10(11)4/h5-7H,1-4H3,(H2,13,15,16). The Balaban J connectivity index is 2.66. The van der Waals surface area contributed by atoms with Crippen molar-refractivity contribution in [3.8, 4) is 0 Å². The van der Waals surface area contributed by atoms with Crippen molar-refractivity contribution >= 4 is 28.7 Å². The van der Waals surface area contributed by atoms with Crippen LogP contribution in [0.25, 0.3) is 0 Å². The van der Waals surface area contributed by atoms with Crippen LogP contribution in [0.2, 0.25) is 0 Å². The molecule has 0 aliphatic carbocycles. The second-order valence-electron chi connectivity index (χ2n) is 3.94. The summed E-state index contributed by atoms with van der Waals surface area (Å²) in [6, 6.07) is 6.17. The third-order valence-electron chi connectivity index (χ3n) is 2.01. The number of nitrogens with zero attached hydrogens (tertiary/aromatic N) is 1. The van der Waals surface area contributed by atoms with E-state index in [0.29, 0.717) is 5.11 Å². The van der Waals surface area contributed by atoms with Gasteiger partial charge in [0.15, 0.2) is 5.11 Å². The van der Waals surface area contributed by atoms with Gasteiger partial charge in [0.05, 0.1) is 0 Å². The van der Waals surface area contributed by atoms with Gasteiger partial charge in [-0.1, -0.05) is 17.7 Å². The number of aryl methyl sites for hydroxylation is 2. The minimum atomic E-state index is 0.508. The third kappa shape index (κ3) is 3.98. The van der Waals surface area contributed by atoms with Crippen molar-refractivity contribution in [1.82, 2.24) is 5.43 Å². The van der Waals surface area contributed by atoms with Crippen LogP contribution >= 0.6 is 12.2 Å². The van der Waals surface area contributed by atoms with Crippen molar-refractivity contribution in [3.05, 3.63) is 29.3 Å². The first-order valence-corrected chi connectivity index (χ1v) is 5.55. The molecule has 16 heavy (non-hydrogen) atoms. The predicted molar refractivity (Wildman–Crippen MR) is 74.1 cm³/mol. The molecule has 1 rings (SSSR count). The van der Waals surface area contributed by atoms with Crippen molar-refractivity contribution in [1.29, 1.82) is 0 Å². The Kier molecular flexibility index (Phi) is 4.43. The summed E-state index contributed by atoms with van der Waals surface area (Å²) in [5, 5.41) is 7.64. The van der Waals surface area contributed by atoms with Crippen molar-refractivity contribution in [2.45, 2.75) is 27.7 Å². The number of benzene rings is 1. The molecule has 0 unspecified atom stereocenters. The van der Waals surface area contributed by atoms with Gasteiger partial charge in [0.1, 0.15) is 0 Å². The van der Waals surface area contributed by atoms with Gasteiger partial charge in [-0.15, -0.1) is 0 Å². The molecule has 4 heteroatoms. The van der Waals surface area contributed by atoms with Gasteiger partial charge in [-0.05, 0) is 51.5 Å². The molecule has 0 aromatic heterocycles. The molecule has 0 fully saturated rings. The van der Waals surface area contributed by atoms with Crippen molar-refractivity contribution < 1.29 is 0 Å². The topological polar surface area (TPSA) is 36.4 Å². The lowest BCUT2D eigenvalue weighted by Crippen LogP contribution is -2.24. The summed E-state index contributed by atoms with van der Waals surface area (Å²) in [6.45, 7) is 7.93. The summed E-state index contributed by atoms with van der Waals surface area (Å²) in [5.41, 5.74) is 7.13. The zero-order valence-corrected chi connectivity index (χ0v) is 10.9. The molecule has 0 radical (unpaired) electrons. The maximum atomic E-state index is 5.12. The molecule has 2 N–H and O–H groups in total. The molecule has 0 aliphatic heterocycles. The highest BCUT2D eigenvalue weighted by Crippen LogP contribution is 2.15. The molecule has 1 aromatic rings. The first kappa shape index (κ1) is 12.6. The normalized spacial score (nSPS) is 9.50. The average Bonchev–Trinajstić information content (AvgIpc) is 2.19. The summed E-state index contributed by atoms with van der Waals surface area (Å²) in [6.07, 6.45) is 0. The van der Waals surface area contributed by atoms with E-state index in [1.807, 2.05) is 32.9 Å². The largest absolute Gasteiger partial charge is 0.331 e. The number of nitrogens with one attached hydrogen (secondary N) is 2. The molecule has 1 aromatic carbocycles. The minimum absolute atomic E-state index is 0.508. The SMILES string of the molecule is CC(C)=NNC(=S)Nc1ccc(C)cc1C. The van der Waals surface area contributed by atoms with E-state index in [-0.39, 0.29) is 0 Å². The van der Waals surface area contributed by atoms with Gasteiger partial charge in [0.25, 0.3) is 0 Å². The van der Waals surface area contributed by atoms with Crippen LogP contribution < -0.4 is 10.7 Å². The van der Waals surface area contributed by atoms with Crippen LogP contribution in [0.4, 0.5) is 5.69 Å². The second-order valence-corrected chi connectivity index (χ2v) is 4.35. The fraction of sp³-hybridized carbons (Fsp3) is 0.333. The molecule has 0 atom stereocenters. The lowest BCUT2D eigenvalue weighted by molar-refractivity contribution is 1.03. The van der Waals surface area contributed by atoms with Crippen LogP contribution in [-0.2, 0) is 0 Å². The smallest absolute Gasteiger partial charge is 0.191 e. The van der Waals surface area contributed by atoms with E-state index >= 15 is 0 Å². The van der Waals surface area contributed by atoms with Crippen molar-refractivity contribution in [2.24, 2.45) is 5.10 Å². The maximum absolute atomic E-state index is 5.12. The molecule has 0 amide bonds. The highest BCUT2D eigenvalue weighted by atomic mass is 32.1. The van der Waals surface area contributed by atoms with E-state index in [1.54, 1.807) is 0 Å². The highest BCUT2D eigenvalue weighted by molar-refractivity contribution is 7.80. The fourth-order valence-electron chi connectivity index (χ4n) is 1.27. The Morgan fingerprint density at radius 2 is 1.94 bits per heavy atom. The first-order valence-electron chi connectivity index (χ1n) is 5.14. The summed E-state index contributed by atoms with van der Waals surface area (Å²) >= 11 is 5.12. The Labute approximate surface area is 102 Å². The van der Waals surface area contributed by atoms with Gasteiger partial charge >= 0.3 is 0 Å². The molecule has 0 spiro atoms. The third-order valence-corrected chi connectivity index (χ3v) is 2.20. The van der Waals surface area contributed by atoms with E-state index in [2.05, 4.69) is 28.8 Å².